The molecule has 0 saturated heterocycles. The maximum absolute atomic E-state index is 12.7. The van der Waals surface area contributed by atoms with Gasteiger partial charge in [-0.05, 0) is 73.0 Å². The van der Waals surface area contributed by atoms with Gasteiger partial charge in [0.2, 0.25) is 10.0 Å². The summed E-state index contributed by atoms with van der Waals surface area (Å²) in [4.78, 5) is 15.1. The lowest BCUT2D eigenvalue weighted by Gasteiger charge is -2.30. The molecule has 1 aliphatic rings. The third-order valence-electron chi connectivity index (χ3n) is 5.82. The van der Waals surface area contributed by atoms with E-state index in [0.717, 1.165) is 25.2 Å². The molecule has 1 atom stereocenters. The highest BCUT2D eigenvalue weighted by molar-refractivity contribution is 7.89. The highest BCUT2D eigenvalue weighted by atomic mass is 32.2. The predicted octanol–water partition coefficient (Wildman–Crippen LogP) is 3.81. The molecule has 7 nitrogen and oxygen atoms in total. The van der Waals surface area contributed by atoms with Crippen molar-refractivity contribution in [1.82, 2.24) is 4.72 Å². The summed E-state index contributed by atoms with van der Waals surface area (Å²) in [6.45, 7) is 3.80. The number of carbonyl (C=O) groups is 1. The van der Waals surface area contributed by atoms with Gasteiger partial charge < -0.3 is 15.0 Å². The van der Waals surface area contributed by atoms with Gasteiger partial charge in [0, 0.05) is 43.2 Å². The Kier molecular flexibility index (Phi) is 7.31. The number of methoxy groups -OCH3 is 1. The molecule has 0 saturated carbocycles. The van der Waals surface area contributed by atoms with Gasteiger partial charge in [-0.3, -0.25) is 4.79 Å². The molecule has 0 radical (unpaired) electrons. The van der Waals surface area contributed by atoms with Crippen LogP contribution in [0.5, 0.6) is 0 Å². The number of hydrogen-bond donors (Lipinski definition) is 2. The Morgan fingerprint density at radius 3 is 2.35 bits per heavy atom. The minimum Gasteiger partial charge on any atom is -0.383 e. The molecule has 0 aliphatic carbocycles. The zero-order valence-corrected chi connectivity index (χ0v) is 20.1. The van der Waals surface area contributed by atoms with E-state index in [9.17, 15) is 13.2 Å². The number of ether oxygens (including phenoxy) is 1. The Morgan fingerprint density at radius 1 is 1.00 bits per heavy atom. The average molecular weight is 480 g/mol. The van der Waals surface area contributed by atoms with Gasteiger partial charge in [-0.2, -0.15) is 0 Å². The van der Waals surface area contributed by atoms with Crippen LogP contribution < -0.4 is 14.9 Å². The van der Waals surface area contributed by atoms with Gasteiger partial charge in [-0.1, -0.05) is 24.3 Å². The lowest BCUT2D eigenvalue weighted by atomic mass is 9.99. The highest BCUT2D eigenvalue weighted by Crippen LogP contribution is 2.25. The summed E-state index contributed by atoms with van der Waals surface area (Å²) < 4.78 is 32.4. The first-order valence-electron chi connectivity index (χ1n) is 11.2. The Balaban J connectivity index is 1.38. The first-order chi connectivity index (χ1) is 16.4. The smallest absolute Gasteiger partial charge is 0.255 e. The molecule has 0 aromatic heterocycles. The van der Waals surface area contributed by atoms with Crippen molar-refractivity contribution in [1.29, 1.82) is 0 Å². The van der Waals surface area contributed by atoms with E-state index in [1.54, 1.807) is 19.1 Å². The molecule has 34 heavy (non-hydrogen) atoms. The lowest BCUT2D eigenvalue weighted by Crippen LogP contribution is -2.35. The lowest BCUT2D eigenvalue weighted by molar-refractivity contribution is 0.102. The molecule has 3 aromatic rings. The summed E-state index contributed by atoms with van der Waals surface area (Å²) in [5, 5.41) is 2.82. The van der Waals surface area contributed by atoms with E-state index in [2.05, 4.69) is 39.2 Å². The molecule has 0 spiro atoms. The summed E-state index contributed by atoms with van der Waals surface area (Å²) >= 11 is 0. The third kappa shape index (κ3) is 5.64. The number of rotatable bonds is 8. The van der Waals surface area contributed by atoms with Crippen LogP contribution in [0.4, 0.5) is 11.4 Å². The van der Waals surface area contributed by atoms with Crippen molar-refractivity contribution in [2.75, 3.05) is 30.5 Å². The van der Waals surface area contributed by atoms with Gasteiger partial charge in [-0.15, -0.1) is 0 Å². The van der Waals surface area contributed by atoms with Crippen molar-refractivity contribution >= 4 is 27.3 Å². The number of sulfonamides is 1. The van der Waals surface area contributed by atoms with Crippen LogP contribution in [-0.2, 0) is 27.7 Å². The fourth-order valence-corrected chi connectivity index (χ4v) is 5.31. The number of nitrogens with one attached hydrogen (secondary N) is 2. The second-order valence-electron chi connectivity index (χ2n) is 8.44. The first-order valence-corrected chi connectivity index (χ1v) is 12.7. The van der Waals surface area contributed by atoms with Crippen molar-refractivity contribution in [2.24, 2.45) is 0 Å². The number of fused-ring (bicyclic) bond motifs is 1. The molecular formula is C26H29N3O4S. The van der Waals surface area contributed by atoms with Crippen LogP contribution in [-0.4, -0.2) is 40.6 Å². The van der Waals surface area contributed by atoms with Gasteiger partial charge >= 0.3 is 0 Å². The minimum absolute atomic E-state index is 0.126. The third-order valence-corrected chi connectivity index (χ3v) is 7.43. The van der Waals surface area contributed by atoms with E-state index in [4.69, 9.17) is 4.74 Å². The van der Waals surface area contributed by atoms with Crippen molar-refractivity contribution < 1.29 is 17.9 Å². The first kappa shape index (κ1) is 23.9. The number of amides is 1. The molecule has 0 fully saturated rings. The van der Waals surface area contributed by atoms with E-state index < -0.39 is 10.0 Å². The van der Waals surface area contributed by atoms with E-state index in [-0.39, 0.29) is 23.5 Å². The van der Waals surface area contributed by atoms with Crippen LogP contribution >= 0.6 is 0 Å². The number of nitrogens with zero attached hydrogens (tertiary/aromatic N) is 1. The van der Waals surface area contributed by atoms with Crippen LogP contribution in [0.1, 0.15) is 28.4 Å². The molecule has 1 amide bonds. The molecule has 4 rings (SSSR count). The van der Waals surface area contributed by atoms with Gasteiger partial charge in [0.15, 0.2) is 0 Å². The fourth-order valence-electron chi connectivity index (χ4n) is 4.08. The molecule has 8 heteroatoms. The van der Waals surface area contributed by atoms with Gasteiger partial charge in [0.05, 0.1) is 11.5 Å². The van der Waals surface area contributed by atoms with Crippen molar-refractivity contribution in [3.63, 3.8) is 0 Å². The Bertz CT molecular complexity index is 1240. The van der Waals surface area contributed by atoms with Gasteiger partial charge in [0.1, 0.15) is 0 Å². The van der Waals surface area contributed by atoms with Crippen LogP contribution in [0.25, 0.3) is 0 Å². The van der Waals surface area contributed by atoms with E-state index in [1.807, 2.05) is 24.3 Å². The molecule has 3 aromatic carbocycles. The quantitative estimate of drug-likeness (QED) is 0.513. The largest absolute Gasteiger partial charge is 0.383 e. The van der Waals surface area contributed by atoms with Crippen LogP contribution in [0, 0.1) is 0 Å². The molecule has 1 unspecified atom stereocenters. The summed E-state index contributed by atoms with van der Waals surface area (Å²) in [5.74, 6) is -0.252. The fraction of sp³-hybridized carbons (Fsp3) is 0.269. The normalized spacial score (nSPS) is 14.4. The zero-order chi connectivity index (χ0) is 24.1. The average Bonchev–Trinajstić information content (AvgIpc) is 2.84. The van der Waals surface area contributed by atoms with Crippen molar-refractivity contribution in [3.05, 3.63) is 89.5 Å². The zero-order valence-electron chi connectivity index (χ0n) is 19.3. The minimum atomic E-state index is -3.66. The second kappa shape index (κ2) is 10.4. The Hall–Kier alpha value is -3.20. The standard InChI is InChI=1S/C26H29N3O4S/c1-19(18-33-2)28-34(31,32)25-13-9-23(10-14-25)27-26(30)21-7-11-24(12-8-21)29-16-15-20-5-3-4-6-22(20)17-29/h3-14,19,28H,15-18H2,1-2H3,(H,27,30). The van der Waals surface area contributed by atoms with Crippen molar-refractivity contribution in [3.8, 4) is 0 Å². The second-order valence-corrected chi connectivity index (χ2v) is 10.2. The Labute approximate surface area is 200 Å². The van der Waals surface area contributed by atoms with Gasteiger partial charge in [-0.25, -0.2) is 13.1 Å². The highest BCUT2D eigenvalue weighted by Gasteiger charge is 2.18. The molecule has 0 bridgehead atoms. The van der Waals surface area contributed by atoms with Gasteiger partial charge in [0.25, 0.3) is 5.91 Å². The summed E-state index contributed by atoms with van der Waals surface area (Å²) in [7, 11) is -2.14. The summed E-state index contributed by atoms with van der Waals surface area (Å²) in [5.41, 5.74) is 4.87. The topological polar surface area (TPSA) is 87.7 Å². The van der Waals surface area contributed by atoms with E-state index in [1.165, 1.54) is 30.4 Å². The summed E-state index contributed by atoms with van der Waals surface area (Å²) in [6, 6.07) is 21.8. The van der Waals surface area contributed by atoms with Crippen LogP contribution in [0.15, 0.2) is 77.7 Å². The van der Waals surface area contributed by atoms with Crippen LogP contribution in [0.3, 0.4) is 0 Å². The molecule has 178 valence electrons. The van der Waals surface area contributed by atoms with E-state index in [0.29, 0.717) is 11.3 Å². The maximum atomic E-state index is 12.7. The molecular weight excluding hydrogens is 450 g/mol. The van der Waals surface area contributed by atoms with E-state index >= 15 is 0 Å². The number of anilines is 2. The number of hydrogen-bond acceptors (Lipinski definition) is 5. The van der Waals surface area contributed by atoms with Crippen LogP contribution in [0.2, 0.25) is 0 Å². The molecule has 2 N–H and O–H groups in total. The molecule has 1 heterocycles. The summed E-state index contributed by atoms with van der Waals surface area (Å²) in [6.07, 6.45) is 1.00. The Morgan fingerprint density at radius 2 is 1.68 bits per heavy atom. The SMILES string of the molecule is COCC(C)NS(=O)(=O)c1ccc(NC(=O)c2ccc(N3CCc4ccccc4C3)cc2)cc1. The monoisotopic (exact) mass is 479 g/mol. The van der Waals surface area contributed by atoms with Crippen molar-refractivity contribution in [2.45, 2.75) is 30.8 Å². The number of benzene rings is 3. The molecule has 1 aliphatic heterocycles. The maximum Gasteiger partial charge on any atom is 0.255 e. The number of carbonyl (C=O) groups excluding carboxylic acids is 1. The predicted molar refractivity (Wildman–Crippen MR) is 134 cm³/mol.